The van der Waals surface area contributed by atoms with Crippen molar-refractivity contribution in [3.05, 3.63) is 45.6 Å². The van der Waals surface area contributed by atoms with Crippen LogP contribution in [0.15, 0.2) is 30.6 Å². The van der Waals surface area contributed by atoms with Crippen molar-refractivity contribution >= 4 is 28.5 Å². The molecule has 0 aliphatic carbocycles. The summed E-state index contributed by atoms with van der Waals surface area (Å²) < 4.78 is 3.09. The molecule has 0 aliphatic heterocycles. The second kappa shape index (κ2) is 7.76. The first-order valence-corrected chi connectivity index (χ1v) is 8.73. The molecule has 0 bridgehead atoms. The number of benzene rings is 1. The van der Waals surface area contributed by atoms with E-state index in [1.54, 1.807) is 6.20 Å². The maximum Gasteiger partial charge on any atom is 0.251 e. The van der Waals surface area contributed by atoms with Crippen LogP contribution in [0.5, 0.6) is 0 Å². The van der Waals surface area contributed by atoms with Crippen molar-refractivity contribution in [3.63, 3.8) is 0 Å². The van der Waals surface area contributed by atoms with Crippen LogP contribution in [0.25, 0.3) is 5.69 Å². The van der Waals surface area contributed by atoms with Gasteiger partial charge < -0.3 is 9.88 Å². The average Bonchev–Trinajstić information content (AvgIpc) is 2.96. The molecule has 0 aliphatic rings. The van der Waals surface area contributed by atoms with Gasteiger partial charge >= 0.3 is 0 Å². The normalized spacial score (nSPS) is 11.0. The Kier molecular flexibility index (Phi) is 5.99. The van der Waals surface area contributed by atoms with Crippen molar-refractivity contribution in [1.82, 2.24) is 14.9 Å². The van der Waals surface area contributed by atoms with E-state index in [1.807, 2.05) is 18.3 Å². The standard InChI is InChI=1S/C17H22IN3O/c1-4-5-6-20-17(22)13-9-14(18)11-15(10-13)21-8-7-19-16(21)12(2)3/h7-12H,4-6H2,1-3H3,(H,20,22). The van der Waals surface area contributed by atoms with Gasteiger partial charge in [-0.3, -0.25) is 4.79 Å². The van der Waals surface area contributed by atoms with E-state index >= 15 is 0 Å². The molecule has 0 fully saturated rings. The molecule has 0 unspecified atom stereocenters. The van der Waals surface area contributed by atoms with Gasteiger partial charge in [0.25, 0.3) is 5.91 Å². The van der Waals surface area contributed by atoms with Crippen molar-refractivity contribution in [1.29, 1.82) is 0 Å². The fraction of sp³-hybridized carbons (Fsp3) is 0.412. The molecular weight excluding hydrogens is 389 g/mol. The summed E-state index contributed by atoms with van der Waals surface area (Å²) >= 11 is 2.25. The second-order valence-corrected chi connectivity index (χ2v) is 6.86. The van der Waals surface area contributed by atoms with Gasteiger partial charge in [0.2, 0.25) is 0 Å². The summed E-state index contributed by atoms with van der Waals surface area (Å²) in [5.41, 5.74) is 1.68. The van der Waals surface area contributed by atoms with Crippen LogP contribution in [0.2, 0.25) is 0 Å². The van der Waals surface area contributed by atoms with E-state index < -0.39 is 0 Å². The first-order valence-electron chi connectivity index (χ1n) is 7.65. The van der Waals surface area contributed by atoms with Crippen LogP contribution in [0.4, 0.5) is 0 Å². The zero-order valence-electron chi connectivity index (χ0n) is 13.3. The summed E-state index contributed by atoms with van der Waals surface area (Å²) in [5.74, 6) is 1.31. The third-order valence-electron chi connectivity index (χ3n) is 3.42. The summed E-state index contributed by atoms with van der Waals surface area (Å²) in [4.78, 5) is 16.7. The van der Waals surface area contributed by atoms with Crippen molar-refractivity contribution < 1.29 is 4.79 Å². The number of amides is 1. The number of hydrogen-bond acceptors (Lipinski definition) is 2. The number of hydrogen-bond donors (Lipinski definition) is 1. The Morgan fingerprint density at radius 3 is 2.82 bits per heavy atom. The fourth-order valence-electron chi connectivity index (χ4n) is 2.29. The van der Waals surface area contributed by atoms with Crippen LogP contribution in [-0.4, -0.2) is 22.0 Å². The predicted octanol–water partition coefficient (Wildman–Crippen LogP) is 4.13. The second-order valence-electron chi connectivity index (χ2n) is 5.62. The monoisotopic (exact) mass is 411 g/mol. The summed E-state index contributed by atoms with van der Waals surface area (Å²) in [7, 11) is 0. The Balaban J connectivity index is 2.30. The molecule has 1 amide bonds. The van der Waals surface area contributed by atoms with Crippen LogP contribution in [0.3, 0.4) is 0 Å². The number of nitrogens with zero attached hydrogens (tertiary/aromatic N) is 2. The molecule has 4 nitrogen and oxygen atoms in total. The van der Waals surface area contributed by atoms with Gasteiger partial charge in [-0.2, -0.15) is 0 Å². The number of nitrogens with one attached hydrogen (secondary N) is 1. The van der Waals surface area contributed by atoms with Crippen molar-refractivity contribution in [2.45, 2.75) is 39.5 Å². The van der Waals surface area contributed by atoms with Crippen LogP contribution >= 0.6 is 22.6 Å². The molecule has 1 aromatic heterocycles. The Bertz CT molecular complexity index is 649. The summed E-state index contributed by atoms with van der Waals surface area (Å²) in [6.07, 6.45) is 5.82. The maximum atomic E-state index is 12.3. The van der Waals surface area contributed by atoms with Crippen molar-refractivity contribution in [2.24, 2.45) is 0 Å². The minimum Gasteiger partial charge on any atom is -0.352 e. The summed E-state index contributed by atoms with van der Waals surface area (Å²) in [6, 6.07) is 5.91. The molecule has 0 saturated heterocycles. The highest BCUT2D eigenvalue weighted by molar-refractivity contribution is 14.1. The van der Waals surface area contributed by atoms with Gasteiger partial charge in [0, 0.05) is 39.7 Å². The lowest BCUT2D eigenvalue weighted by molar-refractivity contribution is 0.0953. The van der Waals surface area contributed by atoms with Gasteiger partial charge in [0.15, 0.2) is 0 Å². The van der Waals surface area contributed by atoms with E-state index in [0.717, 1.165) is 34.5 Å². The fourth-order valence-corrected chi connectivity index (χ4v) is 2.94. The molecule has 1 heterocycles. The smallest absolute Gasteiger partial charge is 0.251 e. The largest absolute Gasteiger partial charge is 0.352 e. The lowest BCUT2D eigenvalue weighted by atomic mass is 10.1. The summed E-state index contributed by atoms with van der Waals surface area (Å²) in [5, 5.41) is 2.97. The molecule has 0 spiro atoms. The van der Waals surface area contributed by atoms with E-state index in [9.17, 15) is 4.79 Å². The quantitative estimate of drug-likeness (QED) is 0.574. The van der Waals surface area contributed by atoms with Crippen molar-refractivity contribution in [2.75, 3.05) is 6.54 Å². The van der Waals surface area contributed by atoms with E-state index in [4.69, 9.17) is 0 Å². The Hall–Kier alpha value is -1.37. The lowest BCUT2D eigenvalue weighted by Crippen LogP contribution is -2.24. The predicted molar refractivity (Wildman–Crippen MR) is 97.6 cm³/mol. The van der Waals surface area contributed by atoms with Crippen molar-refractivity contribution in [3.8, 4) is 5.69 Å². The highest BCUT2D eigenvalue weighted by atomic mass is 127. The number of halogens is 1. The number of carbonyl (C=O) groups excluding carboxylic acids is 1. The van der Waals surface area contributed by atoms with E-state index in [-0.39, 0.29) is 5.91 Å². The zero-order chi connectivity index (χ0) is 16.1. The molecule has 5 heteroatoms. The first kappa shape index (κ1) is 17.0. The molecule has 118 valence electrons. The molecule has 0 atom stereocenters. The van der Waals surface area contributed by atoms with E-state index in [0.29, 0.717) is 11.5 Å². The minimum absolute atomic E-state index is 0.0144. The van der Waals surface area contributed by atoms with Gasteiger partial charge in [0.1, 0.15) is 5.82 Å². The minimum atomic E-state index is -0.0144. The highest BCUT2D eigenvalue weighted by Crippen LogP contribution is 2.21. The Labute approximate surface area is 145 Å². The van der Waals surface area contributed by atoms with E-state index in [1.165, 1.54) is 0 Å². The zero-order valence-corrected chi connectivity index (χ0v) is 15.4. The van der Waals surface area contributed by atoms with Crippen LogP contribution in [-0.2, 0) is 0 Å². The first-order chi connectivity index (χ1) is 10.5. The Morgan fingerprint density at radius 1 is 1.36 bits per heavy atom. The molecule has 2 aromatic rings. The molecule has 1 N–H and O–H groups in total. The Morgan fingerprint density at radius 2 is 2.14 bits per heavy atom. The van der Waals surface area contributed by atoms with Gasteiger partial charge in [-0.15, -0.1) is 0 Å². The number of carbonyl (C=O) groups is 1. The lowest BCUT2D eigenvalue weighted by Gasteiger charge is -2.13. The summed E-state index contributed by atoms with van der Waals surface area (Å²) in [6.45, 7) is 7.07. The number of aromatic nitrogens is 2. The molecule has 0 radical (unpaired) electrons. The van der Waals surface area contributed by atoms with Gasteiger partial charge in [0.05, 0.1) is 0 Å². The molecular formula is C17H22IN3O. The molecule has 0 saturated carbocycles. The van der Waals surface area contributed by atoms with E-state index in [2.05, 4.69) is 64.3 Å². The number of unbranched alkanes of at least 4 members (excludes halogenated alkanes) is 1. The molecule has 2 rings (SSSR count). The third kappa shape index (κ3) is 4.09. The molecule has 1 aromatic carbocycles. The number of imidazole rings is 1. The van der Waals surface area contributed by atoms with Crippen LogP contribution in [0, 0.1) is 3.57 Å². The average molecular weight is 411 g/mol. The SMILES string of the molecule is CCCCNC(=O)c1cc(I)cc(-n2ccnc2C(C)C)c1. The van der Waals surface area contributed by atoms with Crippen LogP contribution in [0.1, 0.15) is 55.7 Å². The maximum absolute atomic E-state index is 12.3. The third-order valence-corrected chi connectivity index (χ3v) is 4.05. The van der Waals surface area contributed by atoms with Crippen LogP contribution < -0.4 is 5.32 Å². The number of rotatable bonds is 6. The topological polar surface area (TPSA) is 46.9 Å². The van der Waals surface area contributed by atoms with Gasteiger partial charge in [-0.1, -0.05) is 27.2 Å². The highest BCUT2D eigenvalue weighted by Gasteiger charge is 2.12. The van der Waals surface area contributed by atoms with Gasteiger partial charge in [-0.05, 0) is 47.2 Å². The van der Waals surface area contributed by atoms with Gasteiger partial charge in [-0.25, -0.2) is 4.98 Å². The molecule has 22 heavy (non-hydrogen) atoms.